The second kappa shape index (κ2) is 5.95. The Morgan fingerprint density at radius 2 is 1.90 bits per heavy atom. The fourth-order valence-electron chi connectivity index (χ4n) is 2.37. The normalized spacial score (nSPS) is 18.1. The Labute approximate surface area is 123 Å². The summed E-state index contributed by atoms with van der Waals surface area (Å²) in [5.74, 6) is -0.728. The van der Waals surface area contributed by atoms with Gasteiger partial charge >= 0.3 is 6.03 Å². The Kier molecular flexibility index (Phi) is 4.26. The summed E-state index contributed by atoms with van der Waals surface area (Å²) in [4.78, 5) is 34.4. The lowest BCUT2D eigenvalue weighted by Crippen LogP contribution is -2.47. The summed E-state index contributed by atoms with van der Waals surface area (Å²) in [5.41, 5.74) is 0.687. The van der Waals surface area contributed by atoms with Crippen molar-refractivity contribution in [3.63, 3.8) is 0 Å². The quantitative estimate of drug-likeness (QED) is 0.698. The van der Waals surface area contributed by atoms with Crippen LogP contribution in [-0.4, -0.2) is 29.4 Å². The zero-order valence-electron chi connectivity index (χ0n) is 12.1. The van der Waals surface area contributed by atoms with E-state index in [4.69, 9.17) is 0 Å². The number of carbonyl (C=O) groups is 3. The van der Waals surface area contributed by atoms with Crippen molar-refractivity contribution in [2.24, 2.45) is 0 Å². The Morgan fingerprint density at radius 1 is 1.24 bits per heavy atom. The van der Waals surface area contributed by atoms with Crippen LogP contribution in [0.25, 0.3) is 0 Å². The molecule has 1 aliphatic rings. The largest absolute Gasteiger partial charge is 0.351 e. The van der Waals surface area contributed by atoms with E-state index in [-0.39, 0.29) is 12.3 Å². The minimum absolute atomic E-state index is 0.0597. The van der Waals surface area contributed by atoms with Crippen LogP contribution in [0.3, 0.4) is 0 Å². The molecule has 2 rings (SSSR count). The van der Waals surface area contributed by atoms with Crippen molar-refractivity contribution in [2.45, 2.75) is 38.3 Å². The van der Waals surface area contributed by atoms with Crippen molar-refractivity contribution < 1.29 is 14.4 Å². The van der Waals surface area contributed by atoms with E-state index in [1.165, 1.54) is 0 Å². The van der Waals surface area contributed by atoms with E-state index in [1.807, 2.05) is 44.2 Å². The van der Waals surface area contributed by atoms with Crippen molar-refractivity contribution in [3.8, 4) is 0 Å². The minimum atomic E-state index is -0.787. The van der Waals surface area contributed by atoms with E-state index in [2.05, 4.69) is 16.0 Å². The molecule has 112 valence electrons. The zero-order chi connectivity index (χ0) is 15.5. The van der Waals surface area contributed by atoms with Gasteiger partial charge in [0.05, 0.1) is 6.42 Å². The molecule has 0 spiro atoms. The van der Waals surface area contributed by atoms with Crippen LogP contribution >= 0.6 is 0 Å². The highest BCUT2D eigenvalue weighted by Crippen LogP contribution is 2.13. The summed E-state index contributed by atoms with van der Waals surface area (Å²) >= 11 is 0. The molecule has 6 heteroatoms. The molecule has 4 amide bonds. The van der Waals surface area contributed by atoms with Gasteiger partial charge in [-0.2, -0.15) is 0 Å². The van der Waals surface area contributed by atoms with Gasteiger partial charge in [-0.25, -0.2) is 4.79 Å². The predicted octanol–water partition coefficient (Wildman–Crippen LogP) is 0.722. The summed E-state index contributed by atoms with van der Waals surface area (Å²) in [6.45, 7) is 3.84. The molecule has 1 aromatic rings. The van der Waals surface area contributed by atoms with Crippen molar-refractivity contribution in [1.29, 1.82) is 0 Å². The maximum Gasteiger partial charge on any atom is 0.322 e. The van der Waals surface area contributed by atoms with E-state index in [1.54, 1.807) is 0 Å². The second-order valence-corrected chi connectivity index (χ2v) is 5.81. The van der Waals surface area contributed by atoms with Crippen LogP contribution in [-0.2, 0) is 16.0 Å². The van der Waals surface area contributed by atoms with E-state index < -0.39 is 23.5 Å². The van der Waals surface area contributed by atoms with Crippen molar-refractivity contribution in [2.75, 3.05) is 0 Å². The monoisotopic (exact) mass is 289 g/mol. The topological polar surface area (TPSA) is 87.3 Å². The van der Waals surface area contributed by atoms with Crippen LogP contribution in [0.4, 0.5) is 4.79 Å². The average Bonchev–Trinajstić information content (AvgIpc) is 2.67. The molecule has 1 heterocycles. The Morgan fingerprint density at radius 3 is 2.48 bits per heavy atom. The van der Waals surface area contributed by atoms with Gasteiger partial charge in [0, 0.05) is 5.54 Å². The van der Waals surface area contributed by atoms with Crippen LogP contribution in [0, 0.1) is 0 Å². The van der Waals surface area contributed by atoms with Crippen molar-refractivity contribution >= 4 is 17.8 Å². The van der Waals surface area contributed by atoms with Gasteiger partial charge in [-0.05, 0) is 25.8 Å². The lowest BCUT2D eigenvalue weighted by atomic mass is 9.94. The van der Waals surface area contributed by atoms with Gasteiger partial charge in [0.1, 0.15) is 6.04 Å². The van der Waals surface area contributed by atoms with Gasteiger partial charge < -0.3 is 10.6 Å². The fraction of sp³-hybridized carbons (Fsp3) is 0.400. The third-order valence-corrected chi connectivity index (χ3v) is 3.21. The lowest BCUT2D eigenvalue weighted by Gasteiger charge is -2.27. The van der Waals surface area contributed by atoms with Crippen LogP contribution in [0.2, 0.25) is 0 Å². The average molecular weight is 289 g/mol. The predicted molar refractivity (Wildman–Crippen MR) is 77.4 cm³/mol. The number of hydrogen-bond acceptors (Lipinski definition) is 3. The highest BCUT2D eigenvalue weighted by atomic mass is 16.2. The molecular weight excluding hydrogens is 270 g/mol. The first-order valence-corrected chi connectivity index (χ1v) is 6.82. The second-order valence-electron chi connectivity index (χ2n) is 5.81. The molecule has 6 nitrogen and oxygen atoms in total. The van der Waals surface area contributed by atoms with Gasteiger partial charge in [-0.15, -0.1) is 0 Å². The molecule has 0 aromatic heterocycles. The third kappa shape index (κ3) is 4.30. The summed E-state index contributed by atoms with van der Waals surface area (Å²) in [7, 11) is 0. The third-order valence-electron chi connectivity index (χ3n) is 3.21. The zero-order valence-corrected chi connectivity index (χ0v) is 12.1. The molecule has 0 saturated carbocycles. The molecule has 0 radical (unpaired) electrons. The van der Waals surface area contributed by atoms with Crippen LogP contribution in [0.5, 0.6) is 0 Å². The molecule has 1 saturated heterocycles. The van der Waals surface area contributed by atoms with Gasteiger partial charge in [0.25, 0.3) is 5.91 Å². The molecule has 1 aliphatic heterocycles. The van der Waals surface area contributed by atoms with Crippen LogP contribution < -0.4 is 16.0 Å². The maximum atomic E-state index is 12.0. The Bertz CT molecular complexity index is 555. The van der Waals surface area contributed by atoms with Crippen molar-refractivity contribution in [1.82, 2.24) is 16.0 Å². The first-order valence-electron chi connectivity index (χ1n) is 6.82. The van der Waals surface area contributed by atoms with Gasteiger partial charge in [-0.1, -0.05) is 30.3 Å². The van der Waals surface area contributed by atoms with Crippen LogP contribution in [0.1, 0.15) is 25.8 Å². The molecule has 21 heavy (non-hydrogen) atoms. The standard InChI is InChI=1S/C15H19N3O3/c1-15(2,9-10-6-4-3-5-7-10)18-12(19)8-11-13(20)17-14(21)16-11/h3-7,11H,8-9H2,1-2H3,(H,18,19)(H2,16,17,20,21). The molecule has 0 bridgehead atoms. The van der Waals surface area contributed by atoms with Gasteiger partial charge in [0.15, 0.2) is 0 Å². The number of nitrogens with one attached hydrogen (secondary N) is 3. The minimum Gasteiger partial charge on any atom is -0.351 e. The Hall–Kier alpha value is -2.37. The number of urea groups is 1. The number of imide groups is 1. The van der Waals surface area contributed by atoms with Gasteiger partial charge in [-0.3, -0.25) is 14.9 Å². The van der Waals surface area contributed by atoms with Gasteiger partial charge in [0.2, 0.25) is 5.91 Å². The molecule has 1 aromatic carbocycles. The van der Waals surface area contributed by atoms with Crippen LogP contribution in [0.15, 0.2) is 30.3 Å². The molecule has 0 aliphatic carbocycles. The molecule has 3 N–H and O–H groups in total. The van der Waals surface area contributed by atoms with E-state index in [0.717, 1.165) is 5.56 Å². The number of carbonyl (C=O) groups excluding carboxylic acids is 3. The lowest BCUT2D eigenvalue weighted by molar-refractivity contribution is -0.127. The summed E-state index contributed by atoms with van der Waals surface area (Å²) in [5, 5.41) is 7.41. The summed E-state index contributed by atoms with van der Waals surface area (Å²) in [6.07, 6.45) is 0.624. The number of rotatable bonds is 5. The van der Waals surface area contributed by atoms with E-state index in [0.29, 0.717) is 6.42 Å². The SMILES string of the molecule is CC(C)(Cc1ccccc1)NC(=O)CC1NC(=O)NC1=O. The number of hydrogen-bond donors (Lipinski definition) is 3. The van der Waals surface area contributed by atoms with E-state index in [9.17, 15) is 14.4 Å². The highest BCUT2D eigenvalue weighted by Gasteiger charge is 2.32. The molecule has 1 fully saturated rings. The van der Waals surface area contributed by atoms with Crippen molar-refractivity contribution in [3.05, 3.63) is 35.9 Å². The van der Waals surface area contributed by atoms with E-state index >= 15 is 0 Å². The Balaban J connectivity index is 1.89. The first kappa shape index (κ1) is 15.0. The summed E-state index contributed by atoms with van der Waals surface area (Å²) in [6, 6.07) is 8.50. The molecule has 1 atom stereocenters. The maximum absolute atomic E-state index is 12.0. The number of benzene rings is 1. The fourth-order valence-corrected chi connectivity index (χ4v) is 2.37. The first-order chi connectivity index (χ1) is 9.85. The molecule has 1 unspecified atom stereocenters. The summed E-state index contributed by atoms with van der Waals surface area (Å²) < 4.78 is 0. The smallest absolute Gasteiger partial charge is 0.322 e. The molecular formula is C15H19N3O3. The number of amides is 4. The highest BCUT2D eigenvalue weighted by molar-refractivity contribution is 6.05.